The van der Waals surface area contributed by atoms with Crippen molar-refractivity contribution in [3.8, 4) is 0 Å². The molecule has 0 aliphatic heterocycles. The van der Waals surface area contributed by atoms with E-state index in [1.165, 1.54) is 24.1 Å². The lowest BCUT2D eigenvalue weighted by molar-refractivity contribution is 0.441. The molecule has 2 N–H and O–H groups in total. The highest BCUT2D eigenvalue weighted by Crippen LogP contribution is 2.35. The molecule has 1 aliphatic rings. The largest absolute Gasteiger partial charge is 0.398 e. The monoisotopic (exact) mass is 260 g/mol. The van der Waals surface area contributed by atoms with Crippen molar-refractivity contribution in [2.75, 3.05) is 5.73 Å². The van der Waals surface area contributed by atoms with Crippen molar-refractivity contribution in [2.45, 2.75) is 32.6 Å². The second-order valence-corrected chi connectivity index (χ2v) is 5.57. The summed E-state index contributed by atoms with van der Waals surface area (Å²) in [6.45, 7) is 2.25. The highest BCUT2D eigenvalue weighted by atomic mass is 35.5. The maximum atomic E-state index is 6.33. The highest BCUT2D eigenvalue weighted by Gasteiger charge is 2.22. The first-order valence-electron chi connectivity index (χ1n) is 6.55. The Morgan fingerprint density at radius 2 is 2.28 bits per heavy atom. The summed E-state index contributed by atoms with van der Waals surface area (Å²) in [4.78, 5) is 4.75. The van der Waals surface area contributed by atoms with Crippen LogP contribution in [-0.2, 0) is 12.8 Å². The Bertz CT molecular complexity index is 607. The molecule has 0 saturated heterocycles. The summed E-state index contributed by atoms with van der Waals surface area (Å²) in [6, 6.07) is 5.76. The molecule has 0 saturated carbocycles. The molecule has 1 atom stereocenters. The minimum atomic E-state index is 0.721. The zero-order valence-electron chi connectivity index (χ0n) is 10.5. The first-order valence-corrected chi connectivity index (χ1v) is 6.93. The minimum Gasteiger partial charge on any atom is -0.398 e. The van der Waals surface area contributed by atoms with Gasteiger partial charge in [0, 0.05) is 21.8 Å². The van der Waals surface area contributed by atoms with Gasteiger partial charge in [0.15, 0.2) is 0 Å². The number of hydrogen-bond acceptors (Lipinski definition) is 2. The fourth-order valence-electron chi connectivity index (χ4n) is 2.87. The van der Waals surface area contributed by atoms with Crippen LogP contribution < -0.4 is 5.73 Å². The average Bonchev–Trinajstić information content (AvgIpc) is 2.40. The number of benzene rings is 1. The predicted octanol–water partition coefficient (Wildman–Crippen LogP) is 3.99. The molecule has 1 heterocycles. The molecular formula is C15H17ClN2. The normalized spacial score (nSPS) is 18.9. The van der Waals surface area contributed by atoms with Crippen LogP contribution in [0.5, 0.6) is 0 Å². The Morgan fingerprint density at radius 3 is 3.06 bits per heavy atom. The van der Waals surface area contributed by atoms with Crippen molar-refractivity contribution < 1.29 is 0 Å². The number of aromatic nitrogens is 1. The van der Waals surface area contributed by atoms with E-state index in [-0.39, 0.29) is 0 Å². The molecule has 0 radical (unpaired) electrons. The summed E-state index contributed by atoms with van der Waals surface area (Å²) >= 11 is 6.05. The van der Waals surface area contributed by atoms with Crippen LogP contribution in [0.15, 0.2) is 18.2 Å². The number of fused-ring (bicyclic) bond motifs is 2. The van der Waals surface area contributed by atoms with Crippen molar-refractivity contribution in [3.63, 3.8) is 0 Å². The highest BCUT2D eigenvalue weighted by molar-refractivity contribution is 6.31. The number of halogens is 1. The van der Waals surface area contributed by atoms with Gasteiger partial charge in [-0.05, 0) is 48.9 Å². The van der Waals surface area contributed by atoms with E-state index >= 15 is 0 Å². The summed E-state index contributed by atoms with van der Waals surface area (Å²) in [7, 11) is 0. The Balaban J connectivity index is 2.20. The molecule has 0 bridgehead atoms. The minimum absolute atomic E-state index is 0.721. The molecule has 94 valence electrons. The molecule has 1 aromatic carbocycles. The number of nitrogens with zero attached hydrogens (tertiary/aromatic N) is 1. The number of nitrogen functional groups attached to an aromatic ring is 1. The molecule has 18 heavy (non-hydrogen) atoms. The first-order chi connectivity index (χ1) is 8.69. The van der Waals surface area contributed by atoms with Gasteiger partial charge in [-0.15, -0.1) is 0 Å². The van der Waals surface area contributed by atoms with E-state index in [2.05, 4.69) is 6.92 Å². The quantitative estimate of drug-likeness (QED) is 0.842. The topological polar surface area (TPSA) is 38.9 Å². The van der Waals surface area contributed by atoms with Crippen LogP contribution in [0.4, 0.5) is 5.69 Å². The number of anilines is 1. The molecule has 0 spiro atoms. The molecule has 1 unspecified atom stereocenters. The maximum absolute atomic E-state index is 6.33. The van der Waals surface area contributed by atoms with E-state index in [0.29, 0.717) is 0 Å². The van der Waals surface area contributed by atoms with Crippen LogP contribution in [0.2, 0.25) is 5.02 Å². The fraction of sp³-hybridized carbons (Fsp3) is 0.400. The van der Waals surface area contributed by atoms with Crippen LogP contribution in [0.25, 0.3) is 10.9 Å². The molecule has 1 aromatic heterocycles. The van der Waals surface area contributed by atoms with Crippen LogP contribution >= 0.6 is 11.6 Å². The van der Waals surface area contributed by atoms with Gasteiger partial charge >= 0.3 is 0 Å². The van der Waals surface area contributed by atoms with Gasteiger partial charge < -0.3 is 5.73 Å². The molecule has 2 aromatic rings. The smallest absolute Gasteiger partial charge is 0.0727 e. The van der Waals surface area contributed by atoms with Gasteiger partial charge in [0.05, 0.1) is 5.52 Å². The average molecular weight is 261 g/mol. The van der Waals surface area contributed by atoms with Gasteiger partial charge in [-0.2, -0.15) is 0 Å². The van der Waals surface area contributed by atoms with Crippen LogP contribution in [0.3, 0.4) is 0 Å². The van der Waals surface area contributed by atoms with E-state index in [4.69, 9.17) is 22.3 Å². The number of rotatable bonds is 1. The summed E-state index contributed by atoms with van der Waals surface area (Å²) in [5.74, 6) is 0.748. The van der Waals surface area contributed by atoms with Gasteiger partial charge in [0.1, 0.15) is 0 Å². The zero-order valence-corrected chi connectivity index (χ0v) is 11.3. The van der Waals surface area contributed by atoms with Crippen LogP contribution in [0, 0.1) is 5.92 Å². The summed E-state index contributed by atoms with van der Waals surface area (Å²) in [6.07, 6.45) is 4.56. The Morgan fingerprint density at radius 1 is 1.44 bits per heavy atom. The van der Waals surface area contributed by atoms with Gasteiger partial charge in [-0.25, -0.2) is 0 Å². The van der Waals surface area contributed by atoms with E-state index in [9.17, 15) is 0 Å². The SMILES string of the molecule is CCC1CCc2nc3ccc(Cl)cc3c(N)c2C1. The van der Waals surface area contributed by atoms with E-state index in [1.54, 1.807) is 0 Å². The Kier molecular flexibility index (Phi) is 2.90. The second-order valence-electron chi connectivity index (χ2n) is 5.13. The van der Waals surface area contributed by atoms with Gasteiger partial charge in [0.25, 0.3) is 0 Å². The Labute approximate surface area is 112 Å². The predicted molar refractivity (Wildman–Crippen MR) is 77.0 cm³/mol. The van der Waals surface area contributed by atoms with Gasteiger partial charge in [-0.3, -0.25) is 4.98 Å². The maximum Gasteiger partial charge on any atom is 0.0727 e. The molecule has 3 heteroatoms. The molecule has 3 rings (SSSR count). The molecule has 2 nitrogen and oxygen atoms in total. The molecular weight excluding hydrogens is 244 g/mol. The lowest BCUT2D eigenvalue weighted by atomic mass is 9.83. The Hall–Kier alpha value is -1.28. The van der Waals surface area contributed by atoms with Crippen LogP contribution in [-0.4, -0.2) is 4.98 Å². The number of nitrogens with two attached hydrogens (primary N) is 1. The molecule has 0 amide bonds. The summed E-state index contributed by atoms with van der Waals surface area (Å²) in [5.41, 5.74) is 10.6. The standard InChI is InChI=1S/C15H17ClN2/c1-2-9-3-5-13-11(7-9)15(17)12-8-10(16)4-6-14(12)18-13/h4,6,8-9H,2-3,5,7H2,1H3,(H2,17,18). The second kappa shape index (κ2) is 4.43. The van der Waals surface area contributed by atoms with Crippen molar-refractivity contribution in [1.29, 1.82) is 0 Å². The zero-order chi connectivity index (χ0) is 12.7. The number of pyridine rings is 1. The first kappa shape index (κ1) is 11.8. The van der Waals surface area contributed by atoms with Crippen molar-refractivity contribution >= 4 is 28.2 Å². The summed E-state index contributed by atoms with van der Waals surface area (Å²) in [5, 5.41) is 1.72. The third kappa shape index (κ3) is 1.85. The summed E-state index contributed by atoms with van der Waals surface area (Å²) < 4.78 is 0. The van der Waals surface area contributed by atoms with Crippen molar-refractivity contribution in [3.05, 3.63) is 34.5 Å². The third-order valence-electron chi connectivity index (χ3n) is 4.04. The lowest BCUT2D eigenvalue weighted by Crippen LogP contribution is -2.17. The fourth-order valence-corrected chi connectivity index (χ4v) is 3.04. The third-order valence-corrected chi connectivity index (χ3v) is 4.27. The van der Waals surface area contributed by atoms with Crippen molar-refractivity contribution in [2.24, 2.45) is 5.92 Å². The number of hydrogen-bond donors (Lipinski definition) is 1. The van der Waals surface area contributed by atoms with Gasteiger partial charge in [0.2, 0.25) is 0 Å². The van der Waals surface area contributed by atoms with E-state index in [1.807, 2.05) is 18.2 Å². The van der Waals surface area contributed by atoms with E-state index < -0.39 is 0 Å². The van der Waals surface area contributed by atoms with Crippen molar-refractivity contribution in [1.82, 2.24) is 4.98 Å². The van der Waals surface area contributed by atoms with E-state index in [0.717, 1.165) is 40.4 Å². The lowest BCUT2D eigenvalue weighted by Gasteiger charge is -2.25. The number of aryl methyl sites for hydroxylation is 1. The molecule has 0 fully saturated rings. The van der Waals surface area contributed by atoms with Gasteiger partial charge in [-0.1, -0.05) is 24.9 Å². The van der Waals surface area contributed by atoms with Crippen LogP contribution in [0.1, 0.15) is 31.0 Å². The molecule has 1 aliphatic carbocycles.